The van der Waals surface area contributed by atoms with Gasteiger partial charge in [0, 0.05) is 24.0 Å². The number of carbonyl (C=O) groups excluding carboxylic acids is 1. The molecule has 1 heterocycles. The van der Waals surface area contributed by atoms with Gasteiger partial charge in [0.15, 0.2) is 0 Å². The quantitative estimate of drug-likeness (QED) is 0.657. The Morgan fingerprint density at radius 3 is 2.89 bits per heavy atom. The summed E-state index contributed by atoms with van der Waals surface area (Å²) in [6.45, 7) is 0. The third-order valence-electron chi connectivity index (χ3n) is 2.43. The third kappa shape index (κ3) is 3.86. The van der Waals surface area contributed by atoms with Crippen LogP contribution in [0.2, 0.25) is 5.02 Å². The standard InChI is InChI=1S/C13H13ClN4O/c1-18-7-3-6-12(18)9-15-17-13(19)16-11-5-2-4-10(14)8-11/h2-9H,1H3,(H2,16,17,19). The number of aryl methyl sites for hydroxylation is 1. The van der Waals surface area contributed by atoms with Gasteiger partial charge >= 0.3 is 6.03 Å². The van der Waals surface area contributed by atoms with Gasteiger partial charge in [-0.25, -0.2) is 10.2 Å². The van der Waals surface area contributed by atoms with Crippen LogP contribution in [0.5, 0.6) is 0 Å². The lowest BCUT2D eigenvalue weighted by Crippen LogP contribution is -2.24. The van der Waals surface area contributed by atoms with E-state index in [1.165, 1.54) is 0 Å². The highest BCUT2D eigenvalue weighted by molar-refractivity contribution is 6.30. The van der Waals surface area contributed by atoms with Crippen molar-refractivity contribution in [3.63, 3.8) is 0 Å². The summed E-state index contributed by atoms with van der Waals surface area (Å²) in [5.41, 5.74) is 3.88. The SMILES string of the molecule is Cn1cccc1C=NNC(=O)Nc1cccc(Cl)c1. The maximum absolute atomic E-state index is 11.6. The first kappa shape index (κ1) is 13.2. The third-order valence-corrected chi connectivity index (χ3v) is 2.66. The lowest BCUT2D eigenvalue weighted by molar-refractivity contribution is 0.252. The molecule has 19 heavy (non-hydrogen) atoms. The van der Waals surface area contributed by atoms with Crippen molar-refractivity contribution >= 4 is 29.5 Å². The van der Waals surface area contributed by atoms with Gasteiger partial charge < -0.3 is 9.88 Å². The molecule has 0 spiro atoms. The predicted octanol–water partition coefficient (Wildman–Crippen LogP) is 2.83. The minimum atomic E-state index is -0.423. The normalized spacial score (nSPS) is 10.6. The van der Waals surface area contributed by atoms with Gasteiger partial charge in [-0.2, -0.15) is 5.10 Å². The topological polar surface area (TPSA) is 58.4 Å². The molecule has 2 N–H and O–H groups in total. The summed E-state index contributed by atoms with van der Waals surface area (Å²) in [5.74, 6) is 0. The number of aromatic nitrogens is 1. The Bertz CT molecular complexity index is 606. The summed E-state index contributed by atoms with van der Waals surface area (Å²) in [6.07, 6.45) is 3.46. The molecule has 0 atom stereocenters. The number of nitrogens with one attached hydrogen (secondary N) is 2. The van der Waals surface area contributed by atoms with E-state index in [9.17, 15) is 4.79 Å². The van der Waals surface area contributed by atoms with E-state index >= 15 is 0 Å². The molecule has 0 unspecified atom stereocenters. The largest absolute Gasteiger partial charge is 0.350 e. The molecule has 0 aliphatic rings. The average molecular weight is 277 g/mol. The number of hydrogen-bond donors (Lipinski definition) is 2. The molecule has 2 aromatic rings. The van der Waals surface area contributed by atoms with Gasteiger partial charge in [-0.3, -0.25) is 0 Å². The van der Waals surface area contributed by atoms with E-state index in [1.807, 2.05) is 29.9 Å². The number of hydrogen-bond acceptors (Lipinski definition) is 2. The van der Waals surface area contributed by atoms with E-state index in [4.69, 9.17) is 11.6 Å². The van der Waals surface area contributed by atoms with Crippen LogP contribution in [-0.4, -0.2) is 16.8 Å². The first-order valence-corrected chi connectivity index (χ1v) is 6.00. The molecular weight excluding hydrogens is 264 g/mol. The maximum atomic E-state index is 11.6. The van der Waals surface area contributed by atoms with Crippen molar-refractivity contribution in [1.82, 2.24) is 9.99 Å². The van der Waals surface area contributed by atoms with Crippen LogP contribution in [0.3, 0.4) is 0 Å². The van der Waals surface area contributed by atoms with Gasteiger partial charge in [0.05, 0.1) is 11.9 Å². The van der Waals surface area contributed by atoms with Crippen LogP contribution in [0.25, 0.3) is 0 Å². The molecule has 1 aromatic heterocycles. The van der Waals surface area contributed by atoms with Crippen LogP contribution in [0, 0.1) is 0 Å². The number of nitrogens with zero attached hydrogens (tertiary/aromatic N) is 2. The Kier molecular flexibility index (Phi) is 4.20. The van der Waals surface area contributed by atoms with Gasteiger partial charge in [-0.1, -0.05) is 17.7 Å². The Morgan fingerprint density at radius 1 is 1.37 bits per heavy atom. The van der Waals surface area contributed by atoms with Crippen molar-refractivity contribution in [3.05, 3.63) is 53.3 Å². The zero-order chi connectivity index (χ0) is 13.7. The molecule has 98 valence electrons. The van der Waals surface area contributed by atoms with Crippen molar-refractivity contribution in [1.29, 1.82) is 0 Å². The molecule has 0 bridgehead atoms. The summed E-state index contributed by atoms with van der Waals surface area (Å²) in [6, 6.07) is 10.2. The number of urea groups is 1. The minimum Gasteiger partial charge on any atom is -0.350 e. The molecule has 2 rings (SSSR count). The highest BCUT2D eigenvalue weighted by Crippen LogP contribution is 2.14. The molecule has 0 saturated carbocycles. The van der Waals surface area contributed by atoms with Gasteiger partial charge in [-0.05, 0) is 30.3 Å². The van der Waals surface area contributed by atoms with Crippen LogP contribution in [0.15, 0.2) is 47.7 Å². The number of halogens is 1. The fourth-order valence-electron chi connectivity index (χ4n) is 1.49. The van der Waals surface area contributed by atoms with E-state index in [2.05, 4.69) is 15.8 Å². The molecule has 0 fully saturated rings. The molecule has 0 radical (unpaired) electrons. The second kappa shape index (κ2) is 6.06. The van der Waals surface area contributed by atoms with E-state index in [0.717, 1.165) is 5.69 Å². The zero-order valence-corrected chi connectivity index (χ0v) is 11.1. The number of hydrazone groups is 1. The van der Waals surface area contributed by atoms with Gasteiger partial charge in [-0.15, -0.1) is 0 Å². The van der Waals surface area contributed by atoms with Crippen LogP contribution in [0.1, 0.15) is 5.69 Å². The Morgan fingerprint density at radius 2 is 2.21 bits per heavy atom. The zero-order valence-electron chi connectivity index (χ0n) is 10.3. The summed E-state index contributed by atoms with van der Waals surface area (Å²) in [4.78, 5) is 11.6. The molecule has 0 saturated heterocycles. The number of rotatable bonds is 3. The highest BCUT2D eigenvalue weighted by Gasteiger charge is 2.00. The van der Waals surface area contributed by atoms with E-state index in [0.29, 0.717) is 10.7 Å². The Hall–Kier alpha value is -2.27. The molecule has 5 nitrogen and oxygen atoms in total. The van der Waals surface area contributed by atoms with Gasteiger partial charge in [0.25, 0.3) is 0 Å². The highest BCUT2D eigenvalue weighted by atomic mass is 35.5. The summed E-state index contributed by atoms with van der Waals surface area (Å²) < 4.78 is 1.89. The first-order chi connectivity index (χ1) is 9.15. The van der Waals surface area contributed by atoms with Crippen molar-refractivity contribution < 1.29 is 4.79 Å². The maximum Gasteiger partial charge on any atom is 0.339 e. The van der Waals surface area contributed by atoms with Crippen LogP contribution >= 0.6 is 11.6 Å². The molecule has 2 amide bonds. The minimum absolute atomic E-state index is 0.423. The Labute approximate surface area is 115 Å². The van der Waals surface area contributed by atoms with Crippen LogP contribution in [-0.2, 0) is 7.05 Å². The summed E-state index contributed by atoms with van der Waals surface area (Å²) in [5, 5.41) is 7.04. The Balaban J connectivity index is 1.88. The smallest absolute Gasteiger partial charge is 0.339 e. The number of benzene rings is 1. The fourth-order valence-corrected chi connectivity index (χ4v) is 1.68. The number of amides is 2. The van der Waals surface area contributed by atoms with Crippen LogP contribution in [0.4, 0.5) is 10.5 Å². The van der Waals surface area contributed by atoms with Gasteiger partial charge in [0.2, 0.25) is 0 Å². The first-order valence-electron chi connectivity index (χ1n) is 5.62. The molecule has 1 aromatic carbocycles. The van der Waals surface area contributed by atoms with E-state index in [-0.39, 0.29) is 0 Å². The lowest BCUT2D eigenvalue weighted by atomic mass is 10.3. The summed E-state index contributed by atoms with van der Waals surface area (Å²) in [7, 11) is 1.90. The molecule has 0 aliphatic carbocycles. The number of anilines is 1. The molecule has 6 heteroatoms. The molecule has 0 aliphatic heterocycles. The second-order valence-corrected chi connectivity index (χ2v) is 4.31. The monoisotopic (exact) mass is 276 g/mol. The lowest BCUT2D eigenvalue weighted by Gasteiger charge is -2.04. The summed E-state index contributed by atoms with van der Waals surface area (Å²) >= 11 is 5.81. The van der Waals surface area contributed by atoms with E-state index in [1.54, 1.807) is 30.5 Å². The van der Waals surface area contributed by atoms with Crippen molar-refractivity contribution in [3.8, 4) is 0 Å². The van der Waals surface area contributed by atoms with Crippen molar-refractivity contribution in [2.45, 2.75) is 0 Å². The van der Waals surface area contributed by atoms with E-state index < -0.39 is 6.03 Å². The second-order valence-electron chi connectivity index (χ2n) is 3.88. The predicted molar refractivity (Wildman–Crippen MR) is 76.6 cm³/mol. The van der Waals surface area contributed by atoms with Crippen LogP contribution < -0.4 is 10.7 Å². The van der Waals surface area contributed by atoms with Gasteiger partial charge in [0.1, 0.15) is 0 Å². The average Bonchev–Trinajstić information content (AvgIpc) is 2.75. The van der Waals surface area contributed by atoms with Crippen molar-refractivity contribution in [2.24, 2.45) is 12.1 Å². The van der Waals surface area contributed by atoms with Crippen molar-refractivity contribution in [2.75, 3.05) is 5.32 Å². The molecular formula is C13H13ClN4O. The fraction of sp³-hybridized carbons (Fsp3) is 0.0769. The number of carbonyl (C=O) groups is 1.